The Labute approximate surface area is 192 Å². The van der Waals surface area contributed by atoms with E-state index >= 15 is 0 Å². The summed E-state index contributed by atoms with van der Waals surface area (Å²) in [7, 11) is 0. The Kier molecular flexibility index (Phi) is 6.31. The van der Waals surface area contributed by atoms with Gasteiger partial charge >= 0.3 is 0 Å². The van der Waals surface area contributed by atoms with Crippen LogP contribution in [0.3, 0.4) is 0 Å². The predicted octanol–water partition coefficient (Wildman–Crippen LogP) is 3.67. The molecule has 8 heteroatoms. The van der Waals surface area contributed by atoms with Gasteiger partial charge in [0.1, 0.15) is 11.2 Å². The zero-order valence-electron chi connectivity index (χ0n) is 18.2. The van der Waals surface area contributed by atoms with Gasteiger partial charge in [0.2, 0.25) is 0 Å². The van der Waals surface area contributed by atoms with Crippen LogP contribution in [0.1, 0.15) is 46.3 Å². The molecule has 1 saturated carbocycles. The van der Waals surface area contributed by atoms with Gasteiger partial charge in [-0.3, -0.25) is 20.2 Å². The fraction of sp³-hybridized carbons (Fsp3) is 0.417. The van der Waals surface area contributed by atoms with E-state index in [0.717, 1.165) is 69.1 Å². The summed E-state index contributed by atoms with van der Waals surface area (Å²) < 4.78 is 7.53. The molecule has 1 aliphatic heterocycles. The average molecular weight is 454 g/mol. The molecule has 7 nitrogen and oxygen atoms in total. The van der Waals surface area contributed by atoms with Gasteiger partial charge in [-0.05, 0) is 62.4 Å². The quantitative estimate of drug-likeness (QED) is 0.306. The van der Waals surface area contributed by atoms with E-state index in [2.05, 4.69) is 4.90 Å². The summed E-state index contributed by atoms with van der Waals surface area (Å²) in [6.45, 7) is 5.00. The van der Waals surface area contributed by atoms with Crippen molar-refractivity contribution in [1.82, 2.24) is 9.47 Å². The average Bonchev–Trinajstić information content (AvgIpc) is 2.72. The zero-order valence-corrected chi connectivity index (χ0v) is 18.9. The van der Waals surface area contributed by atoms with Crippen molar-refractivity contribution in [1.29, 1.82) is 16.2 Å². The van der Waals surface area contributed by atoms with Crippen LogP contribution < -0.4 is 10.2 Å². The molecule has 1 spiro atoms. The van der Waals surface area contributed by atoms with Crippen LogP contribution in [0, 0.1) is 28.6 Å². The van der Waals surface area contributed by atoms with Crippen LogP contribution in [0.25, 0.3) is 0 Å². The molecule has 2 heterocycles. The number of nitrogens with zero attached hydrogens (tertiary/aromatic N) is 2. The third-order valence-electron chi connectivity index (χ3n) is 6.67. The van der Waals surface area contributed by atoms with Crippen molar-refractivity contribution in [3.05, 3.63) is 57.2 Å². The van der Waals surface area contributed by atoms with Gasteiger partial charge < -0.3 is 15.0 Å². The summed E-state index contributed by atoms with van der Waals surface area (Å²) in [5.74, 6) is 0.626. The third kappa shape index (κ3) is 4.27. The van der Waals surface area contributed by atoms with Crippen molar-refractivity contribution in [3.63, 3.8) is 0 Å². The molecule has 2 aliphatic rings. The Morgan fingerprint density at radius 2 is 2.00 bits per heavy atom. The number of halogens is 1. The van der Waals surface area contributed by atoms with E-state index in [1.54, 1.807) is 12.3 Å². The van der Waals surface area contributed by atoms with Crippen LogP contribution in [-0.2, 0) is 6.42 Å². The molecule has 0 radical (unpaired) electrons. The number of nitrogens with one attached hydrogen (secondary N) is 3. The molecule has 3 N–H and O–H groups in total. The molecule has 1 aromatic heterocycles. The van der Waals surface area contributed by atoms with Gasteiger partial charge in [0.15, 0.2) is 6.29 Å². The number of likely N-dealkylation sites (tertiary alicyclic amines) is 1. The summed E-state index contributed by atoms with van der Waals surface area (Å²) in [4.78, 5) is 13.8. The molecule has 0 bridgehead atoms. The van der Waals surface area contributed by atoms with Crippen LogP contribution >= 0.6 is 11.6 Å². The first-order valence-corrected chi connectivity index (χ1v) is 11.2. The molecule has 0 amide bonds. The second-order valence-corrected chi connectivity index (χ2v) is 9.41. The lowest BCUT2D eigenvalue weighted by Gasteiger charge is -2.58. The van der Waals surface area contributed by atoms with E-state index in [9.17, 15) is 4.79 Å². The summed E-state index contributed by atoms with van der Waals surface area (Å²) in [6, 6.07) is 5.47. The molecule has 0 unspecified atom stereocenters. The van der Waals surface area contributed by atoms with Gasteiger partial charge in [0.05, 0.1) is 17.5 Å². The maximum atomic E-state index is 11.4. The van der Waals surface area contributed by atoms with Gasteiger partial charge in [0, 0.05) is 42.0 Å². The smallest absolute Gasteiger partial charge is 0.151 e. The van der Waals surface area contributed by atoms with Crippen molar-refractivity contribution in [2.24, 2.45) is 5.41 Å². The summed E-state index contributed by atoms with van der Waals surface area (Å²) in [5, 5.41) is 23.5. The molecule has 2 fully saturated rings. The molecule has 0 atom stereocenters. The molecule has 1 aromatic carbocycles. The van der Waals surface area contributed by atoms with Gasteiger partial charge in [-0.15, -0.1) is 0 Å². The lowest BCUT2D eigenvalue weighted by Crippen LogP contribution is -2.64. The highest BCUT2D eigenvalue weighted by atomic mass is 35.5. The van der Waals surface area contributed by atoms with Crippen LogP contribution in [0.5, 0.6) is 5.75 Å². The maximum absolute atomic E-state index is 11.4. The number of carbonyl (C=O) groups excluding carboxylic acids is 1. The van der Waals surface area contributed by atoms with Crippen molar-refractivity contribution in [3.8, 4) is 5.75 Å². The minimum atomic E-state index is 0.136. The highest BCUT2D eigenvalue weighted by Gasteiger charge is 2.53. The first-order chi connectivity index (χ1) is 15.4. The molecule has 1 saturated heterocycles. The molecule has 4 rings (SSSR count). The molecular weight excluding hydrogens is 426 g/mol. The summed E-state index contributed by atoms with van der Waals surface area (Å²) in [6.07, 6.45) is 8.64. The fourth-order valence-corrected chi connectivity index (χ4v) is 5.25. The van der Waals surface area contributed by atoms with Crippen molar-refractivity contribution in [2.75, 3.05) is 19.6 Å². The van der Waals surface area contributed by atoms with E-state index in [1.165, 1.54) is 10.8 Å². The number of aldehydes is 1. The standard InChI is InChI=1S/C24H28ClN5O2/c1-16-4-5-22(19(10-26)20(16)12-31)32-18-8-24(9-18)13-29(14-24)6-2-3-17-7-23(28)30(15-27)11-21(17)25/h4-5,7,10-12,15,18,26-28H,2-3,6,8-9,13-14H2,1H3. The van der Waals surface area contributed by atoms with E-state index < -0.39 is 0 Å². The largest absolute Gasteiger partial charge is 0.490 e. The van der Waals surface area contributed by atoms with Gasteiger partial charge in [-0.2, -0.15) is 0 Å². The molecule has 32 heavy (non-hydrogen) atoms. The predicted molar refractivity (Wildman–Crippen MR) is 125 cm³/mol. The molecule has 1 aliphatic carbocycles. The van der Waals surface area contributed by atoms with Crippen molar-refractivity contribution >= 4 is 30.4 Å². The highest BCUT2D eigenvalue weighted by Crippen LogP contribution is 2.50. The molecular formula is C24H28ClN5O2. The minimum Gasteiger partial charge on any atom is -0.490 e. The first-order valence-electron chi connectivity index (χ1n) is 10.8. The molecule has 2 aromatic rings. The zero-order chi connectivity index (χ0) is 22.9. The number of aryl methyl sites for hydroxylation is 2. The van der Waals surface area contributed by atoms with E-state index in [0.29, 0.717) is 27.3 Å². The molecule has 168 valence electrons. The van der Waals surface area contributed by atoms with Gasteiger partial charge in [0.25, 0.3) is 0 Å². The summed E-state index contributed by atoms with van der Waals surface area (Å²) >= 11 is 6.28. The topological polar surface area (TPSA) is 106 Å². The van der Waals surface area contributed by atoms with Crippen LogP contribution in [0.15, 0.2) is 24.4 Å². The Hall–Kier alpha value is -2.77. The van der Waals surface area contributed by atoms with Crippen molar-refractivity contribution in [2.45, 2.75) is 38.7 Å². The number of aromatic nitrogens is 1. The number of carbonyl (C=O) groups is 1. The number of pyridine rings is 1. The van der Waals surface area contributed by atoms with Crippen molar-refractivity contribution < 1.29 is 9.53 Å². The Bertz CT molecular complexity index is 1110. The normalized spacial score (nSPS) is 17.4. The lowest BCUT2D eigenvalue weighted by molar-refractivity contribution is -0.119. The fourth-order valence-electron chi connectivity index (χ4n) is 5.00. The monoisotopic (exact) mass is 453 g/mol. The van der Waals surface area contributed by atoms with Gasteiger partial charge in [-0.25, -0.2) is 0 Å². The number of benzene rings is 1. The number of ether oxygens (including phenoxy) is 1. The lowest BCUT2D eigenvalue weighted by atomic mass is 9.61. The second kappa shape index (κ2) is 9.00. The van der Waals surface area contributed by atoms with E-state index in [1.807, 2.05) is 19.1 Å². The summed E-state index contributed by atoms with van der Waals surface area (Å²) in [5.41, 5.74) is 3.51. The first kappa shape index (κ1) is 22.4. The number of hydrogen-bond donors (Lipinski definition) is 3. The highest BCUT2D eigenvalue weighted by molar-refractivity contribution is 6.31. The Morgan fingerprint density at radius 1 is 1.25 bits per heavy atom. The Balaban J connectivity index is 1.24. The number of hydrogen-bond acceptors (Lipinski definition) is 6. The van der Waals surface area contributed by atoms with E-state index in [-0.39, 0.29) is 11.6 Å². The third-order valence-corrected chi connectivity index (χ3v) is 7.01. The van der Waals surface area contributed by atoms with Crippen LogP contribution in [0.2, 0.25) is 5.02 Å². The van der Waals surface area contributed by atoms with Crippen LogP contribution in [0.4, 0.5) is 0 Å². The van der Waals surface area contributed by atoms with Crippen LogP contribution in [-0.4, -0.2) is 54.0 Å². The minimum absolute atomic E-state index is 0.136. The SMILES string of the molecule is Cc1ccc(OC2CC3(C2)CN(CCCc2cc(=N)n(C=N)cc2Cl)C3)c(C=N)c1C=O. The second-order valence-electron chi connectivity index (χ2n) is 9.00. The van der Waals surface area contributed by atoms with Gasteiger partial charge in [-0.1, -0.05) is 17.7 Å². The number of rotatable bonds is 9. The van der Waals surface area contributed by atoms with E-state index in [4.69, 9.17) is 32.6 Å². The Morgan fingerprint density at radius 3 is 2.66 bits per heavy atom. The maximum Gasteiger partial charge on any atom is 0.151 e.